The Morgan fingerprint density at radius 2 is 2.13 bits per heavy atom. The predicted molar refractivity (Wildman–Crippen MR) is 90.0 cm³/mol. The molecule has 2 aromatic rings. The Balaban J connectivity index is 1.79. The van der Waals surface area contributed by atoms with Crippen LogP contribution >= 0.6 is 0 Å². The first-order chi connectivity index (χ1) is 11.2. The fourth-order valence-corrected chi connectivity index (χ4v) is 4.21. The summed E-state index contributed by atoms with van der Waals surface area (Å²) in [6, 6.07) is 7.66. The Kier molecular flexibility index (Phi) is 5.12. The predicted octanol–water partition coefficient (Wildman–Crippen LogP) is 0.750. The molecule has 3 rings (SSSR count). The molecule has 0 radical (unpaired) electrons. The molecular weight excluding hydrogens is 312 g/mol. The van der Waals surface area contributed by atoms with E-state index in [9.17, 15) is 9.35 Å². The Hall–Kier alpha value is -1.67. The average Bonchev–Trinajstić information content (AvgIpc) is 2.86. The number of rotatable bonds is 3. The highest BCUT2D eigenvalue weighted by atomic mass is 32.2. The van der Waals surface area contributed by atoms with Crippen LogP contribution in [0.25, 0.3) is 10.8 Å². The van der Waals surface area contributed by atoms with Crippen LogP contribution in [0.3, 0.4) is 0 Å². The number of nitrogens with two attached hydrogens (primary N) is 1. The van der Waals surface area contributed by atoms with Gasteiger partial charge in [-0.15, -0.1) is 4.31 Å². The molecule has 1 unspecified atom stereocenters. The van der Waals surface area contributed by atoms with Gasteiger partial charge in [0.2, 0.25) is 5.91 Å². The summed E-state index contributed by atoms with van der Waals surface area (Å²) in [7, 11) is 0. The highest BCUT2D eigenvalue weighted by Crippen LogP contribution is 2.25. The molecule has 2 N–H and O–H groups in total. The van der Waals surface area contributed by atoms with Gasteiger partial charge in [0.1, 0.15) is 0 Å². The maximum Gasteiger partial charge on any atom is 0.236 e. The first kappa shape index (κ1) is 16.2. The summed E-state index contributed by atoms with van der Waals surface area (Å²) in [6.45, 7) is 2.54. The standard InChI is InChI=1S/C16H20N4O2S/c17-11-16(21)19-7-2-8-20(10-9-19)23(22)15-4-1-3-13-12-18-6-5-14(13)15/h1,3-6,12H,2,7-11,17H2. The Labute approximate surface area is 138 Å². The van der Waals surface area contributed by atoms with E-state index in [0.29, 0.717) is 26.2 Å². The first-order valence-electron chi connectivity index (χ1n) is 7.68. The van der Waals surface area contributed by atoms with Crippen LogP contribution in [0.1, 0.15) is 6.42 Å². The summed E-state index contributed by atoms with van der Waals surface area (Å²) >= 11 is -1.25. The number of pyridine rings is 1. The molecule has 1 saturated heterocycles. The van der Waals surface area contributed by atoms with Crippen molar-refractivity contribution in [3.63, 3.8) is 0 Å². The van der Waals surface area contributed by atoms with Crippen molar-refractivity contribution in [3.05, 3.63) is 36.7 Å². The van der Waals surface area contributed by atoms with Gasteiger partial charge in [0.15, 0.2) is 4.90 Å². The number of hydrogen-bond acceptors (Lipinski definition) is 5. The molecular formula is C16H20N4O2S. The van der Waals surface area contributed by atoms with E-state index in [2.05, 4.69) is 4.98 Å². The Morgan fingerprint density at radius 3 is 2.96 bits per heavy atom. The molecule has 2 heterocycles. The second kappa shape index (κ2) is 7.27. The second-order valence-electron chi connectivity index (χ2n) is 5.47. The SMILES string of the molecule is NCC(=O)N1CCCN([S+]([O-])c2cccc3cnccc23)CC1. The molecule has 1 aliphatic rings. The third-order valence-corrected chi connectivity index (χ3v) is 5.61. The Bertz CT molecular complexity index is 691. The molecule has 122 valence electrons. The van der Waals surface area contributed by atoms with Crippen molar-refractivity contribution < 1.29 is 9.35 Å². The van der Waals surface area contributed by atoms with E-state index < -0.39 is 11.4 Å². The topological polar surface area (TPSA) is 85.5 Å². The third kappa shape index (κ3) is 3.48. The fraction of sp³-hybridized carbons (Fsp3) is 0.375. The zero-order chi connectivity index (χ0) is 16.2. The summed E-state index contributed by atoms with van der Waals surface area (Å²) in [5.41, 5.74) is 5.43. The lowest BCUT2D eigenvalue weighted by Crippen LogP contribution is -2.39. The van der Waals surface area contributed by atoms with Gasteiger partial charge in [0, 0.05) is 42.8 Å². The lowest BCUT2D eigenvalue weighted by Gasteiger charge is -2.23. The van der Waals surface area contributed by atoms with Crippen molar-refractivity contribution in [1.29, 1.82) is 0 Å². The summed E-state index contributed by atoms with van der Waals surface area (Å²) < 4.78 is 14.9. The van der Waals surface area contributed by atoms with E-state index in [0.717, 1.165) is 22.1 Å². The van der Waals surface area contributed by atoms with Gasteiger partial charge in [-0.3, -0.25) is 9.78 Å². The van der Waals surface area contributed by atoms with Crippen LogP contribution in [0, 0.1) is 0 Å². The number of nitrogens with zero attached hydrogens (tertiary/aromatic N) is 3. The minimum atomic E-state index is -1.25. The van der Waals surface area contributed by atoms with Crippen molar-refractivity contribution in [2.24, 2.45) is 5.73 Å². The van der Waals surface area contributed by atoms with Crippen LogP contribution < -0.4 is 5.73 Å². The van der Waals surface area contributed by atoms with Crippen LogP contribution in [0.4, 0.5) is 0 Å². The van der Waals surface area contributed by atoms with Crippen molar-refractivity contribution in [3.8, 4) is 0 Å². The minimum absolute atomic E-state index is 0.0272. The van der Waals surface area contributed by atoms with Gasteiger partial charge in [-0.25, -0.2) is 0 Å². The maximum atomic E-state index is 13.0. The average molecular weight is 332 g/mol. The fourth-order valence-electron chi connectivity index (χ4n) is 2.82. The van der Waals surface area contributed by atoms with Crippen LogP contribution in [0.15, 0.2) is 41.6 Å². The largest absolute Gasteiger partial charge is 0.593 e. The first-order valence-corrected chi connectivity index (χ1v) is 8.79. The van der Waals surface area contributed by atoms with Crippen molar-refractivity contribution in [2.75, 3.05) is 32.7 Å². The van der Waals surface area contributed by atoms with Gasteiger partial charge in [0.25, 0.3) is 0 Å². The van der Waals surface area contributed by atoms with Gasteiger partial charge in [-0.05, 0) is 18.6 Å². The van der Waals surface area contributed by atoms with Crippen LogP contribution in [0.5, 0.6) is 0 Å². The molecule has 1 aliphatic heterocycles. The van der Waals surface area contributed by atoms with E-state index in [1.165, 1.54) is 0 Å². The van der Waals surface area contributed by atoms with Crippen molar-refractivity contribution in [2.45, 2.75) is 11.3 Å². The molecule has 0 spiro atoms. The summed E-state index contributed by atoms with van der Waals surface area (Å²) in [5, 5.41) is 1.94. The zero-order valence-electron chi connectivity index (χ0n) is 12.9. The molecule has 0 saturated carbocycles. The smallest absolute Gasteiger partial charge is 0.236 e. The summed E-state index contributed by atoms with van der Waals surface area (Å²) in [4.78, 5) is 18.4. The van der Waals surface area contributed by atoms with Gasteiger partial charge in [0.05, 0.1) is 24.5 Å². The molecule has 23 heavy (non-hydrogen) atoms. The van der Waals surface area contributed by atoms with E-state index in [4.69, 9.17) is 5.73 Å². The third-order valence-electron chi connectivity index (χ3n) is 4.05. The molecule has 0 bridgehead atoms. The lowest BCUT2D eigenvalue weighted by atomic mass is 10.2. The number of fused-ring (bicyclic) bond motifs is 1. The van der Waals surface area contributed by atoms with Gasteiger partial charge >= 0.3 is 0 Å². The number of carbonyl (C=O) groups excluding carboxylic acids is 1. The normalized spacial score (nSPS) is 17.9. The highest BCUT2D eigenvalue weighted by Gasteiger charge is 2.28. The summed E-state index contributed by atoms with van der Waals surface area (Å²) in [5.74, 6) is -0.0473. The van der Waals surface area contributed by atoms with Gasteiger partial charge in [-0.2, -0.15) is 0 Å². The number of carbonyl (C=O) groups is 1. The molecule has 1 aromatic carbocycles. The highest BCUT2D eigenvalue weighted by molar-refractivity contribution is 7.89. The van der Waals surface area contributed by atoms with Crippen LogP contribution in [0.2, 0.25) is 0 Å². The molecule has 0 aliphatic carbocycles. The number of hydrogen-bond donors (Lipinski definition) is 1. The molecule has 7 heteroatoms. The monoisotopic (exact) mass is 332 g/mol. The van der Waals surface area contributed by atoms with Crippen LogP contribution in [-0.4, -0.2) is 57.4 Å². The number of aromatic nitrogens is 1. The van der Waals surface area contributed by atoms with E-state index >= 15 is 0 Å². The molecule has 1 fully saturated rings. The van der Waals surface area contributed by atoms with E-state index in [-0.39, 0.29) is 12.5 Å². The Morgan fingerprint density at radius 1 is 1.26 bits per heavy atom. The van der Waals surface area contributed by atoms with Gasteiger partial charge < -0.3 is 15.2 Å². The quantitative estimate of drug-likeness (QED) is 0.838. The van der Waals surface area contributed by atoms with Gasteiger partial charge in [-0.1, -0.05) is 12.1 Å². The number of amides is 1. The molecule has 1 aromatic heterocycles. The van der Waals surface area contributed by atoms with E-state index in [1.54, 1.807) is 17.3 Å². The summed E-state index contributed by atoms with van der Waals surface area (Å²) in [6.07, 6.45) is 4.29. The van der Waals surface area contributed by atoms with E-state index in [1.807, 2.05) is 28.6 Å². The second-order valence-corrected chi connectivity index (χ2v) is 6.92. The van der Waals surface area contributed by atoms with Crippen molar-refractivity contribution in [1.82, 2.24) is 14.2 Å². The molecule has 1 atom stereocenters. The van der Waals surface area contributed by atoms with Crippen LogP contribution in [-0.2, 0) is 16.2 Å². The maximum absolute atomic E-state index is 13.0. The zero-order valence-corrected chi connectivity index (χ0v) is 13.7. The lowest BCUT2D eigenvalue weighted by molar-refractivity contribution is -0.129. The molecule has 6 nitrogen and oxygen atoms in total. The number of benzene rings is 1. The molecule has 1 amide bonds. The minimum Gasteiger partial charge on any atom is -0.593 e. The van der Waals surface area contributed by atoms with Crippen molar-refractivity contribution >= 4 is 28.0 Å².